The van der Waals surface area contributed by atoms with E-state index in [1.54, 1.807) is 12.5 Å². The number of nitrogens with zero attached hydrogens (tertiary/aromatic N) is 3. The van der Waals surface area contributed by atoms with Gasteiger partial charge in [-0.3, -0.25) is 5.10 Å². The summed E-state index contributed by atoms with van der Waals surface area (Å²) in [5, 5.41) is 11.9. The second-order valence-corrected chi connectivity index (χ2v) is 9.31. The van der Waals surface area contributed by atoms with Crippen LogP contribution in [0.4, 0.5) is 4.39 Å². The fraction of sp³-hybridized carbons (Fsp3) is 0.321. The van der Waals surface area contributed by atoms with Crippen LogP contribution in [0.3, 0.4) is 0 Å². The van der Waals surface area contributed by atoms with E-state index in [-0.39, 0.29) is 11.9 Å². The summed E-state index contributed by atoms with van der Waals surface area (Å²) in [7, 11) is 0. The van der Waals surface area contributed by atoms with E-state index in [0.29, 0.717) is 12.0 Å². The summed E-state index contributed by atoms with van der Waals surface area (Å²) in [6.45, 7) is 4.24. The van der Waals surface area contributed by atoms with Gasteiger partial charge in [0.05, 0.1) is 5.69 Å². The smallest absolute Gasteiger partial charge is 0.123 e. The summed E-state index contributed by atoms with van der Waals surface area (Å²) >= 11 is 0. The molecule has 1 saturated carbocycles. The molecular weight excluding hydrogens is 425 g/mol. The fourth-order valence-corrected chi connectivity index (χ4v) is 5.02. The lowest BCUT2D eigenvalue weighted by molar-refractivity contribution is 0.319. The predicted octanol–water partition coefficient (Wildman–Crippen LogP) is 6.36. The molecule has 2 heterocycles. The van der Waals surface area contributed by atoms with E-state index in [4.69, 9.17) is 5.10 Å². The molecule has 0 amide bonds. The molecule has 5 nitrogen and oxygen atoms in total. The number of aryl methyl sites for hydroxylation is 1. The van der Waals surface area contributed by atoms with Crippen LogP contribution in [0.15, 0.2) is 67.1 Å². The van der Waals surface area contributed by atoms with E-state index in [0.717, 1.165) is 53.8 Å². The Morgan fingerprint density at radius 1 is 0.971 bits per heavy atom. The molecule has 2 aromatic heterocycles. The van der Waals surface area contributed by atoms with Crippen molar-refractivity contribution in [3.8, 4) is 22.5 Å². The minimum absolute atomic E-state index is 0.194. The van der Waals surface area contributed by atoms with Crippen molar-refractivity contribution in [2.24, 2.45) is 0 Å². The van der Waals surface area contributed by atoms with Crippen molar-refractivity contribution in [3.05, 3.63) is 89.8 Å². The van der Waals surface area contributed by atoms with Crippen molar-refractivity contribution >= 4 is 0 Å². The van der Waals surface area contributed by atoms with Crippen LogP contribution in [0, 0.1) is 12.7 Å². The molecule has 0 unspecified atom stereocenters. The Morgan fingerprint density at radius 3 is 2.38 bits per heavy atom. The number of hydrogen-bond donors (Lipinski definition) is 2. The molecule has 34 heavy (non-hydrogen) atoms. The van der Waals surface area contributed by atoms with Gasteiger partial charge in [0, 0.05) is 41.0 Å². The normalized spacial score (nSPS) is 19.1. The van der Waals surface area contributed by atoms with Gasteiger partial charge in [-0.1, -0.05) is 42.0 Å². The van der Waals surface area contributed by atoms with Gasteiger partial charge in [-0.05, 0) is 63.3 Å². The molecule has 0 spiro atoms. The van der Waals surface area contributed by atoms with Gasteiger partial charge in [0.15, 0.2) is 0 Å². The van der Waals surface area contributed by atoms with Crippen molar-refractivity contribution < 1.29 is 4.39 Å². The third-order valence-corrected chi connectivity index (χ3v) is 6.95. The van der Waals surface area contributed by atoms with Gasteiger partial charge in [0.2, 0.25) is 0 Å². The number of aromatic nitrogens is 4. The molecule has 2 aromatic carbocycles. The summed E-state index contributed by atoms with van der Waals surface area (Å²) in [6, 6.07) is 17.9. The Hall–Kier alpha value is -3.38. The lowest BCUT2D eigenvalue weighted by atomic mass is 9.81. The van der Waals surface area contributed by atoms with E-state index in [1.807, 2.05) is 18.2 Å². The molecule has 1 aliphatic carbocycles. The van der Waals surface area contributed by atoms with Gasteiger partial charge in [-0.25, -0.2) is 14.4 Å². The van der Waals surface area contributed by atoms with Crippen LogP contribution in [-0.2, 0) is 0 Å². The van der Waals surface area contributed by atoms with Gasteiger partial charge in [-0.2, -0.15) is 5.10 Å². The molecule has 2 N–H and O–H groups in total. The minimum Gasteiger partial charge on any atom is -0.307 e. The minimum atomic E-state index is -0.194. The first-order valence-corrected chi connectivity index (χ1v) is 12.0. The molecule has 0 bridgehead atoms. The third-order valence-electron chi connectivity index (χ3n) is 6.95. The zero-order valence-corrected chi connectivity index (χ0v) is 19.6. The summed E-state index contributed by atoms with van der Waals surface area (Å²) in [5.74, 6) is 0.205. The Morgan fingerprint density at radius 2 is 1.71 bits per heavy atom. The largest absolute Gasteiger partial charge is 0.307 e. The number of rotatable bonds is 6. The zero-order chi connectivity index (χ0) is 23.5. The van der Waals surface area contributed by atoms with Crippen LogP contribution in [-0.4, -0.2) is 26.2 Å². The number of H-pyrrole nitrogens is 1. The topological polar surface area (TPSA) is 66.5 Å². The molecule has 4 aromatic rings. The van der Waals surface area contributed by atoms with Gasteiger partial charge in [-0.15, -0.1) is 0 Å². The highest BCUT2D eigenvalue weighted by Crippen LogP contribution is 2.41. The highest BCUT2D eigenvalue weighted by molar-refractivity contribution is 5.81. The number of hydrogen-bond acceptors (Lipinski definition) is 4. The van der Waals surface area contributed by atoms with Gasteiger partial charge in [0.25, 0.3) is 0 Å². The first-order chi connectivity index (χ1) is 16.6. The lowest BCUT2D eigenvalue weighted by Gasteiger charge is -2.31. The molecule has 0 radical (unpaired) electrons. The molecule has 6 heteroatoms. The number of halogens is 1. The molecule has 5 rings (SSSR count). The van der Waals surface area contributed by atoms with Crippen molar-refractivity contribution in [1.29, 1.82) is 0 Å². The van der Waals surface area contributed by atoms with Crippen LogP contribution in [0.25, 0.3) is 22.5 Å². The maximum Gasteiger partial charge on any atom is 0.123 e. The number of aromatic amines is 1. The lowest BCUT2D eigenvalue weighted by Crippen LogP contribution is -2.34. The molecule has 1 aliphatic rings. The average Bonchev–Trinajstić information content (AvgIpc) is 3.31. The highest BCUT2D eigenvalue weighted by Gasteiger charge is 2.29. The maximum atomic E-state index is 13.3. The van der Waals surface area contributed by atoms with Crippen molar-refractivity contribution in [2.45, 2.75) is 57.5 Å². The monoisotopic (exact) mass is 455 g/mol. The second-order valence-electron chi connectivity index (χ2n) is 9.31. The van der Waals surface area contributed by atoms with E-state index >= 15 is 0 Å². The Kier molecular flexibility index (Phi) is 6.50. The summed E-state index contributed by atoms with van der Waals surface area (Å²) < 4.78 is 13.3. The first-order valence-electron chi connectivity index (χ1n) is 12.0. The van der Waals surface area contributed by atoms with E-state index in [9.17, 15) is 4.39 Å². The number of nitrogens with one attached hydrogen (secondary N) is 2. The van der Waals surface area contributed by atoms with Crippen LogP contribution >= 0.6 is 0 Å². The molecule has 174 valence electrons. The van der Waals surface area contributed by atoms with Crippen LogP contribution in [0.5, 0.6) is 0 Å². The van der Waals surface area contributed by atoms with E-state index < -0.39 is 0 Å². The predicted molar refractivity (Wildman–Crippen MR) is 133 cm³/mol. The van der Waals surface area contributed by atoms with Crippen LogP contribution in [0.1, 0.15) is 61.4 Å². The molecule has 0 aliphatic heterocycles. The third kappa shape index (κ3) is 4.77. The summed E-state index contributed by atoms with van der Waals surface area (Å²) in [5.41, 5.74) is 7.53. The zero-order valence-electron chi connectivity index (χ0n) is 19.6. The molecule has 1 fully saturated rings. The number of benzene rings is 2. The SMILES string of the molecule is Cc1ccc(-c2n[nH]c(C3CCC(N[C@H](C)c4ccc(F)cc4)CC3)c2-c2ccncn2)cc1. The Labute approximate surface area is 199 Å². The fourth-order valence-electron chi connectivity index (χ4n) is 5.02. The van der Waals surface area contributed by atoms with Crippen LogP contribution in [0.2, 0.25) is 0 Å². The van der Waals surface area contributed by atoms with Crippen molar-refractivity contribution in [3.63, 3.8) is 0 Å². The standard InChI is InChI=1S/C28H30FN5/c1-18-3-5-21(6-4-18)27-26(25-15-16-30-17-31-25)28(34-33-27)22-9-13-24(14-10-22)32-19(2)20-7-11-23(29)12-8-20/h3-8,11-12,15-17,19,22,24,32H,9-10,13-14H2,1-2H3,(H,33,34)/t19-,22?,24?/m1/s1. The summed E-state index contributed by atoms with van der Waals surface area (Å²) in [6.07, 6.45) is 7.69. The quantitative estimate of drug-likeness (QED) is 0.355. The second kappa shape index (κ2) is 9.85. The Bertz CT molecular complexity index is 1210. The van der Waals surface area contributed by atoms with Crippen molar-refractivity contribution in [1.82, 2.24) is 25.5 Å². The molecule has 0 saturated heterocycles. The van der Waals surface area contributed by atoms with E-state index in [1.165, 1.54) is 23.4 Å². The maximum absolute atomic E-state index is 13.3. The molecule has 1 atom stereocenters. The van der Waals surface area contributed by atoms with E-state index in [2.05, 4.69) is 58.5 Å². The van der Waals surface area contributed by atoms with Crippen LogP contribution < -0.4 is 5.32 Å². The average molecular weight is 456 g/mol. The first kappa shape index (κ1) is 22.4. The van der Waals surface area contributed by atoms with Gasteiger partial charge in [0.1, 0.15) is 17.8 Å². The Balaban J connectivity index is 1.34. The van der Waals surface area contributed by atoms with Gasteiger partial charge >= 0.3 is 0 Å². The molecular formula is C28H30FN5. The van der Waals surface area contributed by atoms with Crippen molar-refractivity contribution in [2.75, 3.05) is 0 Å². The highest BCUT2D eigenvalue weighted by atomic mass is 19.1. The summed E-state index contributed by atoms with van der Waals surface area (Å²) in [4.78, 5) is 8.67. The van der Waals surface area contributed by atoms with Gasteiger partial charge < -0.3 is 5.32 Å².